The fraction of sp³-hybridized carbons (Fsp3) is 0.556. The van der Waals surface area contributed by atoms with E-state index in [0.717, 1.165) is 4.90 Å². The first kappa shape index (κ1) is 9.85. The summed E-state index contributed by atoms with van der Waals surface area (Å²) in [6.07, 6.45) is 2.96. The van der Waals surface area contributed by atoms with Crippen LogP contribution in [0.25, 0.3) is 0 Å². The summed E-state index contributed by atoms with van der Waals surface area (Å²) in [5.74, 6) is -0.703. The summed E-state index contributed by atoms with van der Waals surface area (Å²) in [6.45, 7) is 0.371. The van der Waals surface area contributed by atoms with Gasteiger partial charge in [-0.15, -0.1) is 0 Å². The van der Waals surface area contributed by atoms with Gasteiger partial charge in [0.2, 0.25) is 5.54 Å². The maximum atomic E-state index is 8.93. The Kier molecular flexibility index (Phi) is 2.57. The zero-order chi connectivity index (χ0) is 10.6. The van der Waals surface area contributed by atoms with E-state index in [1.54, 1.807) is 18.3 Å². The molecule has 14 heavy (non-hydrogen) atoms. The van der Waals surface area contributed by atoms with Crippen LogP contribution in [-0.4, -0.2) is 17.0 Å². The van der Waals surface area contributed by atoms with Crippen LogP contribution in [-0.2, 0) is 0 Å². The topological polar surface area (TPSA) is 98.4 Å². The second-order valence-corrected chi connectivity index (χ2v) is 3.07. The van der Waals surface area contributed by atoms with E-state index in [0.29, 0.717) is 19.4 Å². The maximum absolute atomic E-state index is 8.93. The summed E-state index contributed by atoms with van der Waals surface area (Å²) in [5, 5.41) is 35.4. The van der Waals surface area contributed by atoms with Gasteiger partial charge in [-0.2, -0.15) is 21.0 Å². The van der Waals surface area contributed by atoms with Crippen LogP contribution in [0.4, 0.5) is 0 Å². The molecule has 1 saturated heterocycles. The molecular formula is C9H7N5. The monoisotopic (exact) mass is 185 g/mol. The lowest BCUT2D eigenvalue weighted by Crippen LogP contribution is -2.52. The molecule has 0 aliphatic carbocycles. The molecule has 0 aromatic carbocycles. The van der Waals surface area contributed by atoms with Crippen molar-refractivity contribution < 1.29 is 0 Å². The number of likely N-dealkylation sites (tertiary alicyclic amines) is 1. The fourth-order valence-electron chi connectivity index (χ4n) is 1.62. The van der Waals surface area contributed by atoms with Gasteiger partial charge < -0.3 is 0 Å². The van der Waals surface area contributed by atoms with Crippen molar-refractivity contribution in [1.82, 2.24) is 4.90 Å². The van der Waals surface area contributed by atoms with E-state index >= 15 is 0 Å². The van der Waals surface area contributed by atoms with Crippen molar-refractivity contribution in [3.8, 4) is 24.4 Å². The van der Waals surface area contributed by atoms with Crippen LogP contribution in [0.15, 0.2) is 0 Å². The van der Waals surface area contributed by atoms with Crippen LogP contribution >= 0.6 is 0 Å². The Hall–Kier alpha value is -2.24. The first-order chi connectivity index (χ1) is 6.75. The molecule has 5 nitrogen and oxygen atoms in total. The van der Waals surface area contributed by atoms with Gasteiger partial charge in [0, 0.05) is 6.54 Å². The first-order valence-corrected chi connectivity index (χ1v) is 4.14. The van der Waals surface area contributed by atoms with Gasteiger partial charge in [-0.3, -0.25) is 4.90 Å². The van der Waals surface area contributed by atoms with Crippen LogP contribution in [0.1, 0.15) is 12.8 Å². The highest BCUT2D eigenvalue weighted by Gasteiger charge is 2.48. The van der Waals surface area contributed by atoms with Crippen LogP contribution < -0.4 is 0 Å². The van der Waals surface area contributed by atoms with E-state index < -0.39 is 11.5 Å². The number of hydrogen-bond donors (Lipinski definition) is 0. The normalized spacial score (nSPS) is 23.7. The van der Waals surface area contributed by atoms with Crippen LogP contribution in [0.2, 0.25) is 0 Å². The minimum Gasteiger partial charge on any atom is -0.278 e. The third-order valence-corrected chi connectivity index (χ3v) is 2.42. The predicted octanol–water partition coefficient (Wildman–Crippen LogP) is 0.489. The van der Waals surface area contributed by atoms with E-state index in [2.05, 4.69) is 0 Å². The largest absolute Gasteiger partial charge is 0.278 e. The van der Waals surface area contributed by atoms with Crippen molar-refractivity contribution in [2.24, 2.45) is 5.92 Å². The van der Waals surface area contributed by atoms with Crippen molar-refractivity contribution in [1.29, 1.82) is 21.0 Å². The third-order valence-electron chi connectivity index (χ3n) is 2.42. The Bertz CT molecular complexity index is 347. The zero-order valence-electron chi connectivity index (χ0n) is 7.43. The average molecular weight is 185 g/mol. The van der Waals surface area contributed by atoms with Gasteiger partial charge in [-0.05, 0) is 12.8 Å². The Balaban J connectivity index is 3.18. The Labute approximate surface area is 82.0 Å². The van der Waals surface area contributed by atoms with Crippen molar-refractivity contribution >= 4 is 0 Å². The highest BCUT2D eigenvalue weighted by molar-refractivity contribution is 5.31. The SMILES string of the molecule is N#CC1CCCN(C#N)C1(C#N)C#N. The molecule has 1 aliphatic heterocycles. The van der Waals surface area contributed by atoms with Gasteiger partial charge in [0.05, 0.1) is 12.0 Å². The molecule has 0 aromatic rings. The molecule has 0 amide bonds. The van der Waals surface area contributed by atoms with Gasteiger partial charge in [-0.1, -0.05) is 0 Å². The molecule has 1 aliphatic rings. The van der Waals surface area contributed by atoms with Crippen LogP contribution in [0.5, 0.6) is 0 Å². The molecule has 0 bridgehead atoms. The number of hydrogen-bond acceptors (Lipinski definition) is 5. The Morgan fingerprint density at radius 2 is 1.79 bits per heavy atom. The van der Waals surface area contributed by atoms with E-state index in [9.17, 15) is 0 Å². The van der Waals surface area contributed by atoms with Crippen LogP contribution in [0.3, 0.4) is 0 Å². The molecule has 0 radical (unpaired) electrons. The molecule has 0 saturated carbocycles. The zero-order valence-corrected chi connectivity index (χ0v) is 7.43. The predicted molar refractivity (Wildman–Crippen MR) is 44.6 cm³/mol. The maximum Gasteiger partial charge on any atom is 0.238 e. The lowest BCUT2D eigenvalue weighted by molar-refractivity contribution is 0.168. The van der Waals surface area contributed by atoms with Gasteiger partial charge >= 0.3 is 0 Å². The lowest BCUT2D eigenvalue weighted by Gasteiger charge is -2.36. The fourth-order valence-corrected chi connectivity index (χ4v) is 1.62. The van der Waals surface area contributed by atoms with Crippen molar-refractivity contribution in [3.05, 3.63) is 0 Å². The second-order valence-electron chi connectivity index (χ2n) is 3.07. The Morgan fingerprint density at radius 1 is 1.14 bits per heavy atom. The van der Waals surface area contributed by atoms with Crippen LogP contribution in [0, 0.1) is 51.4 Å². The molecule has 0 N–H and O–H groups in total. The van der Waals surface area contributed by atoms with Crippen molar-refractivity contribution in [2.75, 3.05) is 6.54 Å². The number of nitriles is 4. The summed E-state index contributed by atoms with van der Waals surface area (Å²) in [6, 6.07) is 5.50. The van der Waals surface area contributed by atoms with Gasteiger partial charge in [0.1, 0.15) is 12.1 Å². The Morgan fingerprint density at radius 3 is 2.21 bits per heavy atom. The summed E-state index contributed by atoms with van der Waals surface area (Å²) in [5.41, 5.74) is -1.58. The van der Waals surface area contributed by atoms with E-state index in [1.807, 2.05) is 6.07 Å². The minimum absolute atomic E-state index is 0.371. The highest BCUT2D eigenvalue weighted by atomic mass is 15.2. The number of rotatable bonds is 0. The first-order valence-electron chi connectivity index (χ1n) is 4.14. The minimum atomic E-state index is -1.58. The molecule has 1 rings (SSSR count). The van der Waals surface area contributed by atoms with Gasteiger partial charge in [-0.25, -0.2) is 0 Å². The van der Waals surface area contributed by atoms with E-state index in [-0.39, 0.29) is 0 Å². The molecule has 1 atom stereocenters. The molecule has 0 aromatic heterocycles. The average Bonchev–Trinajstić information content (AvgIpc) is 2.27. The quantitative estimate of drug-likeness (QED) is 0.511. The number of nitrogens with zero attached hydrogens (tertiary/aromatic N) is 5. The van der Waals surface area contributed by atoms with Crippen molar-refractivity contribution in [3.63, 3.8) is 0 Å². The number of piperidine rings is 1. The highest BCUT2D eigenvalue weighted by Crippen LogP contribution is 2.31. The van der Waals surface area contributed by atoms with E-state index in [4.69, 9.17) is 21.0 Å². The van der Waals surface area contributed by atoms with Crippen molar-refractivity contribution in [2.45, 2.75) is 18.4 Å². The van der Waals surface area contributed by atoms with Gasteiger partial charge in [0.15, 0.2) is 6.19 Å². The summed E-state index contributed by atoms with van der Waals surface area (Å²) in [4.78, 5) is 1.10. The molecule has 1 fully saturated rings. The smallest absolute Gasteiger partial charge is 0.238 e. The van der Waals surface area contributed by atoms with E-state index in [1.165, 1.54) is 0 Å². The lowest BCUT2D eigenvalue weighted by atomic mass is 9.79. The standard InChI is InChI=1S/C9H7N5/c10-4-8-2-1-3-14(7-13)9(8,5-11)6-12/h8H,1-3H2. The molecular weight excluding hydrogens is 178 g/mol. The molecule has 5 heteroatoms. The molecule has 0 spiro atoms. The summed E-state index contributed by atoms with van der Waals surface area (Å²) >= 11 is 0. The molecule has 1 heterocycles. The van der Waals surface area contributed by atoms with Gasteiger partial charge in [0.25, 0.3) is 0 Å². The summed E-state index contributed by atoms with van der Waals surface area (Å²) < 4.78 is 0. The molecule has 68 valence electrons. The third kappa shape index (κ3) is 1.13. The molecule has 1 unspecified atom stereocenters. The second kappa shape index (κ2) is 3.65. The summed E-state index contributed by atoms with van der Waals surface area (Å²) in [7, 11) is 0.